The Hall–Kier alpha value is -1.39. The molecule has 1 aromatic heterocycles. The van der Waals surface area contributed by atoms with Crippen molar-refractivity contribution in [1.82, 2.24) is 20.2 Å². The fourth-order valence-corrected chi connectivity index (χ4v) is 2.93. The SMILES string of the molecule is CC(C)N(Cc1nc2ccccc2[nH]1)CC1CCCN1. The molecule has 2 N–H and O–H groups in total. The van der Waals surface area contributed by atoms with Crippen LogP contribution in [-0.4, -0.2) is 40.0 Å². The molecule has 0 spiro atoms. The summed E-state index contributed by atoms with van der Waals surface area (Å²) in [6.45, 7) is 7.69. The van der Waals surface area contributed by atoms with Gasteiger partial charge < -0.3 is 10.3 Å². The lowest BCUT2D eigenvalue weighted by Gasteiger charge is -2.28. The second kappa shape index (κ2) is 5.94. The van der Waals surface area contributed by atoms with Gasteiger partial charge in [0.15, 0.2) is 0 Å². The number of fused-ring (bicyclic) bond motifs is 1. The minimum absolute atomic E-state index is 0.533. The largest absolute Gasteiger partial charge is 0.341 e. The summed E-state index contributed by atoms with van der Waals surface area (Å²) in [7, 11) is 0. The summed E-state index contributed by atoms with van der Waals surface area (Å²) < 4.78 is 0. The Labute approximate surface area is 120 Å². The third-order valence-corrected chi connectivity index (χ3v) is 4.14. The first kappa shape index (κ1) is 13.6. The first-order chi connectivity index (χ1) is 9.72. The smallest absolute Gasteiger partial charge is 0.121 e. The fraction of sp³-hybridized carbons (Fsp3) is 0.562. The molecule has 2 heterocycles. The van der Waals surface area contributed by atoms with Crippen molar-refractivity contribution in [3.8, 4) is 0 Å². The Morgan fingerprint density at radius 3 is 2.90 bits per heavy atom. The highest BCUT2D eigenvalue weighted by atomic mass is 15.2. The van der Waals surface area contributed by atoms with E-state index in [-0.39, 0.29) is 0 Å². The quantitative estimate of drug-likeness (QED) is 0.879. The molecule has 2 aromatic rings. The van der Waals surface area contributed by atoms with Crippen LogP contribution >= 0.6 is 0 Å². The molecule has 1 atom stereocenters. The third kappa shape index (κ3) is 3.02. The van der Waals surface area contributed by atoms with Crippen molar-refractivity contribution in [2.45, 2.75) is 45.3 Å². The van der Waals surface area contributed by atoms with Crippen LogP contribution in [0.25, 0.3) is 11.0 Å². The lowest BCUT2D eigenvalue weighted by Crippen LogP contribution is -2.41. The van der Waals surface area contributed by atoms with Gasteiger partial charge in [-0.1, -0.05) is 12.1 Å². The second-order valence-corrected chi connectivity index (χ2v) is 6.02. The van der Waals surface area contributed by atoms with Crippen LogP contribution in [0, 0.1) is 0 Å². The molecule has 0 amide bonds. The molecule has 0 aliphatic carbocycles. The number of aromatic amines is 1. The van der Waals surface area contributed by atoms with Gasteiger partial charge in [-0.05, 0) is 45.4 Å². The number of rotatable bonds is 5. The van der Waals surface area contributed by atoms with Crippen LogP contribution in [-0.2, 0) is 6.54 Å². The van der Waals surface area contributed by atoms with Crippen molar-refractivity contribution in [2.24, 2.45) is 0 Å². The first-order valence-electron chi connectivity index (χ1n) is 7.63. The van der Waals surface area contributed by atoms with E-state index < -0.39 is 0 Å². The van der Waals surface area contributed by atoms with Gasteiger partial charge in [0.2, 0.25) is 0 Å². The molecule has 108 valence electrons. The van der Waals surface area contributed by atoms with Crippen LogP contribution in [0.15, 0.2) is 24.3 Å². The van der Waals surface area contributed by atoms with Crippen LogP contribution in [0.2, 0.25) is 0 Å². The van der Waals surface area contributed by atoms with Crippen LogP contribution in [0.3, 0.4) is 0 Å². The molecular formula is C16H24N4. The number of hydrogen-bond acceptors (Lipinski definition) is 3. The van der Waals surface area contributed by atoms with Crippen molar-refractivity contribution < 1.29 is 0 Å². The number of aromatic nitrogens is 2. The zero-order valence-electron chi connectivity index (χ0n) is 12.4. The summed E-state index contributed by atoms with van der Waals surface area (Å²) in [5.74, 6) is 1.07. The Bertz CT molecular complexity index is 521. The predicted octanol–water partition coefficient (Wildman–Crippen LogP) is 2.53. The second-order valence-electron chi connectivity index (χ2n) is 6.02. The molecule has 1 unspecified atom stereocenters. The molecule has 4 nitrogen and oxygen atoms in total. The highest BCUT2D eigenvalue weighted by Gasteiger charge is 2.20. The van der Waals surface area contributed by atoms with Crippen LogP contribution < -0.4 is 5.32 Å². The number of benzene rings is 1. The molecular weight excluding hydrogens is 248 g/mol. The number of nitrogens with zero attached hydrogens (tertiary/aromatic N) is 2. The first-order valence-corrected chi connectivity index (χ1v) is 7.63. The molecule has 0 saturated carbocycles. The molecule has 1 fully saturated rings. The van der Waals surface area contributed by atoms with Gasteiger partial charge in [-0.2, -0.15) is 0 Å². The minimum atomic E-state index is 0.533. The van der Waals surface area contributed by atoms with Gasteiger partial charge in [-0.15, -0.1) is 0 Å². The molecule has 20 heavy (non-hydrogen) atoms. The summed E-state index contributed by atoms with van der Waals surface area (Å²) in [5, 5.41) is 3.58. The number of hydrogen-bond donors (Lipinski definition) is 2. The van der Waals surface area contributed by atoms with Gasteiger partial charge in [-0.25, -0.2) is 4.98 Å². The summed E-state index contributed by atoms with van der Waals surface area (Å²) in [6, 6.07) is 9.41. The van der Waals surface area contributed by atoms with E-state index in [1.54, 1.807) is 0 Å². The van der Waals surface area contributed by atoms with Gasteiger partial charge in [0.25, 0.3) is 0 Å². The molecule has 0 radical (unpaired) electrons. The summed E-state index contributed by atoms with van der Waals surface area (Å²) >= 11 is 0. The molecule has 0 bridgehead atoms. The average Bonchev–Trinajstić information content (AvgIpc) is 3.05. The molecule has 1 aromatic carbocycles. The van der Waals surface area contributed by atoms with Gasteiger partial charge in [0.05, 0.1) is 17.6 Å². The van der Waals surface area contributed by atoms with Gasteiger partial charge >= 0.3 is 0 Å². The fourth-order valence-electron chi connectivity index (χ4n) is 2.93. The van der Waals surface area contributed by atoms with Crippen molar-refractivity contribution in [3.05, 3.63) is 30.1 Å². The van der Waals surface area contributed by atoms with E-state index in [4.69, 9.17) is 4.98 Å². The average molecular weight is 272 g/mol. The maximum Gasteiger partial charge on any atom is 0.121 e. The van der Waals surface area contributed by atoms with Crippen molar-refractivity contribution in [2.75, 3.05) is 13.1 Å². The topological polar surface area (TPSA) is 44.0 Å². The lowest BCUT2D eigenvalue weighted by molar-refractivity contribution is 0.190. The Morgan fingerprint density at radius 2 is 2.20 bits per heavy atom. The zero-order chi connectivity index (χ0) is 13.9. The van der Waals surface area contributed by atoms with E-state index in [2.05, 4.69) is 41.2 Å². The van der Waals surface area contributed by atoms with E-state index in [9.17, 15) is 0 Å². The zero-order valence-corrected chi connectivity index (χ0v) is 12.4. The monoisotopic (exact) mass is 272 g/mol. The Kier molecular flexibility index (Phi) is 4.03. The lowest BCUT2D eigenvalue weighted by atomic mass is 10.2. The maximum atomic E-state index is 4.69. The molecule has 1 aliphatic heterocycles. The highest BCUT2D eigenvalue weighted by molar-refractivity contribution is 5.74. The number of imidazole rings is 1. The summed E-state index contributed by atoms with van der Waals surface area (Å²) in [6.07, 6.45) is 2.60. The minimum Gasteiger partial charge on any atom is -0.341 e. The third-order valence-electron chi connectivity index (χ3n) is 4.14. The van der Waals surface area contributed by atoms with Gasteiger partial charge in [0, 0.05) is 18.6 Å². The van der Waals surface area contributed by atoms with E-state index in [1.807, 2.05) is 12.1 Å². The normalized spacial score (nSPS) is 19.5. The van der Waals surface area contributed by atoms with E-state index in [0.717, 1.165) is 29.9 Å². The van der Waals surface area contributed by atoms with Crippen molar-refractivity contribution in [1.29, 1.82) is 0 Å². The van der Waals surface area contributed by atoms with Crippen LogP contribution in [0.5, 0.6) is 0 Å². The van der Waals surface area contributed by atoms with Crippen LogP contribution in [0.4, 0.5) is 0 Å². The highest BCUT2D eigenvalue weighted by Crippen LogP contribution is 2.15. The molecule has 3 rings (SSSR count). The predicted molar refractivity (Wildman–Crippen MR) is 82.7 cm³/mol. The van der Waals surface area contributed by atoms with E-state index in [1.165, 1.54) is 19.4 Å². The number of nitrogens with one attached hydrogen (secondary N) is 2. The molecule has 1 aliphatic rings. The molecule has 1 saturated heterocycles. The van der Waals surface area contributed by atoms with E-state index in [0.29, 0.717) is 12.1 Å². The van der Waals surface area contributed by atoms with E-state index >= 15 is 0 Å². The number of para-hydroxylation sites is 2. The molecule has 4 heteroatoms. The van der Waals surface area contributed by atoms with Gasteiger partial charge in [0.1, 0.15) is 5.82 Å². The maximum absolute atomic E-state index is 4.69. The Balaban J connectivity index is 1.71. The van der Waals surface area contributed by atoms with Crippen molar-refractivity contribution in [3.63, 3.8) is 0 Å². The van der Waals surface area contributed by atoms with Crippen LogP contribution in [0.1, 0.15) is 32.5 Å². The summed E-state index contributed by atoms with van der Waals surface area (Å²) in [4.78, 5) is 10.6. The van der Waals surface area contributed by atoms with Crippen molar-refractivity contribution >= 4 is 11.0 Å². The number of H-pyrrole nitrogens is 1. The summed E-state index contributed by atoms with van der Waals surface area (Å²) in [5.41, 5.74) is 2.19. The van der Waals surface area contributed by atoms with Gasteiger partial charge in [-0.3, -0.25) is 4.90 Å². The Morgan fingerprint density at radius 1 is 1.35 bits per heavy atom. The standard InChI is InChI=1S/C16H24N4/c1-12(2)20(10-13-6-5-9-17-13)11-16-18-14-7-3-4-8-15(14)19-16/h3-4,7-8,12-13,17H,5-6,9-11H2,1-2H3,(H,18,19).